The molecule has 2 fully saturated rings. The van der Waals surface area contributed by atoms with Crippen LogP contribution in [0.4, 0.5) is 4.39 Å². The summed E-state index contributed by atoms with van der Waals surface area (Å²) < 4.78 is 25.0. The van der Waals surface area contributed by atoms with Crippen LogP contribution in [0.2, 0.25) is 0 Å². The van der Waals surface area contributed by atoms with Gasteiger partial charge in [-0.25, -0.2) is 4.39 Å². The van der Waals surface area contributed by atoms with Crippen molar-refractivity contribution in [3.63, 3.8) is 0 Å². The molecule has 1 aromatic carbocycles. The number of rotatable bonds is 3. The largest absolute Gasteiger partial charge is 0.448 e. The molecular formula is C19H17FN4O2. The van der Waals surface area contributed by atoms with Gasteiger partial charge in [-0.05, 0) is 24.1 Å². The van der Waals surface area contributed by atoms with Gasteiger partial charge in [0.15, 0.2) is 5.41 Å². The third-order valence-corrected chi connectivity index (χ3v) is 5.46. The highest BCUT2D eigenvalue weighted by atomic mass is 19.1. The molecule has 0 saturated carbocycles. The molecule has 1 aromatic rings. The molecule has 4 atom stereocenters. The summed E-state index contributed by atoms with van der Waals surface area (Å²) in [6.07, 6.45) is -0.0374. The van der Waals surface area contributed by atoms with Gasteiger partial charge in [0.2, 0.25) is 17.1 Å². The molecule has 2 aliphatic rings. The Labute approximate surface area is 150 Å². The van der Waals surface area contributed by atoms with Gasteiger partial charge >= 0.3 is 0 Å². The minimum Gasteiger partial charge on any atom is -0.448 e. The second kappa shape index (κ2) is 5.80. The molecule has 26 heavy (non-hydrogen) atoms. The Morgan fingerprint density at radius 3 is 2.27 bits per heavy atom. The number of fused-ring (bicyclic) bond motifs is 2. The maximum Gasteiger partial charge on any atom is 0.214 e. The van der Waals surface area contributed by atoms with Gasteiger partial charge in [0.05, 0.1) is 24.1 Å². The van der Waals surface area contributed by atoms with E-state index in [1.165, 1.54) is 24.3 Å². The van der Waals surface area contributed by atoms with Crippen molar-refractivity contribution in [1.29, 1.82) is 21.2 Å². The highest BCUT2D eigenvalue weighted by molar-refractivity contribution is 5.89. The van der Waals surface area contributed by atoms with E-state index in [4.69, 9.17) is 14.9 Å². The molecule has 6 nitrogen and oxygen atoms in total. The molecule has 0 amide bonds. The summed E-state index contributed by atoms with van der Waals surface area (Å²) in [6.45, 7) is 3.53. The topological polar surface area (TPSA) is 114 Å². The first kappa shape index (κ1) is 17.9. The van der Waals surface area contributed by atoms with E-state index in [2.05, 4.69) is 6.07 Å². The number of nitrogens with one attached hydrogen (secondary N) is 1. The number of hydrogen-bond donors (Lipinski definition) is 1. The lowest BCUT2D eigenvalue weighted by atomic mass is 9.53. The van der Waals surface area contributed by atoms with Crippen LogP contribution >= 0.6 is 0 Å². The van der Waals surface area contributed by atoms with E-state index in [1.54, 1.807) is 6.92 Å². The zero-order valence-corrected chi connectivity index (χ0v) is 14.4. The van der Waals surface area contributed by atoms with Crippen molar-refractivity contribution in [2.75, 3.05) is 0 Å². The summed E-state index contributed by atoms with van der Waals surface area (Å²) in [7, 11) is 0. The molecule has 7 heteroatoms. The monoisotopic (exact) mass is 352 g/mol. The van der Waals surface area contributed by atoms with Gasteiger partial charge in [0, 0.05) is 6.92 Å². The number of ether oxygens (including phenoxy) is 2. The van der Waals surface area contributed by atoms with Crippen molar-refractivity contribution < 1.29 is 13.9 Å². The molecule has 0 aromatic heterocycles. The smallest absolute Gasteiger partial charge is 0.214 e. The van der Waals surface area contributed by atoms with Gasteiger partial charge < -0.3 is 9.47 Å². The SMILES string of the molecule is CCCC1C2(C)OC(=N)C1(C#N)C(C#N)(C#N)C(c1ccc(F)cc1)O2. The molecule has 2 heterocycles. The molecule has 0 aliphatic carbocycles. The summed E-state index contributed by atoms with van der Waals surface area (Å²) in [5, 5.41) is 38.4. The second-order valence-corrected chi connectivity index (χ2v) is 6.79. The molecule has 4 unspecified atom stereocenters. The quantitative estimate of drug-likeness (QED) is 0.893. The van der Waals surface area contributed by atoms with Crippen LogP contribution in [0, 0.1) is 62.0 Å². The highest BCUT2D eigenvalue weighted by Crippen LogP contribution is 2.67. The fraction of sp³-hybridized carbons (Fsp3) is 0.474. The number of halogens is 1. The van der Waals surface area contributed by atoms with E-state index in [-0.39, 0.29) is 0 Å². The lowest BCUT2D eigenvalue weighted by molar-refractivity contribution is -0.274. The van der Waals surface area contributed by atoms with Crippen molar-refractivity contribution in [2.24, 2.45) is 16.7 Å². The summed E-state index contributed by atoms with van der Waals surface area (Å²) in [4.78, 5) is 0. The number of benzene rings is 1. The Morgan fingerprint density at radius 2 is 1.77 bits per heavy atom. The maximum absolute atomic E-state index is 13.3. The van der Waals surface area contributed by atoms with Crippen LogP contribution in [0.3, 0.4) is 0 Å². The molecule has 2 aliphatic heterocycles. The van der Waals surface area contributed by atoms with E-state index in [1.807, 2.05) is 19.1 Å². The first-order chi connectivity index (χ1) is 12.3. The van der Waals surface area contributed by atoms with Crippen LogP contribution in [-0.2, 0) is 9.47 Å². The highest BCUT2D eigenvalue weighted by Gasteiger charge is 2.78. The van der Waals surface area contributed by atoms with E-state index < -0.39 is 40.4 Å². The fourth-order valence-electron chi connectivity index (χ4n) is 4.25. The molecule has 0 radical (unpaired) electrons. The van der Waals surface area contributed by atoms with Gasteiger partial charge in [-0.3, -0.25) is 5.41 Å². The minimum atomic E-state index is -1.99. The van der Waals surface area contributed by atoms with Crippen LogP contribution in [0.5, 0.6) is 0 Å². The Hall–Kier alpha value is -2.95. The van der Waals surface area contributed by atoms with Crippen LogP contribution in [0.15, 0.2) is 24.3 Å². The van der Waals surface area contributed by atoms with Crippen LogP contribution in [0.1, 0.15) is 38.4 Å². The number of nitrogens with zero attached hydrogens (tertiary/aromatic N) is 3. The molecule has 0 spiro atoms. The summed E-state index contributed by atoms with van der Waals surface area (Å²) in [5.41, 5.74) is -3.38. The van der Waals surface area contributed by atoms with Crippen molar-refractivity contribution in [1.82, 2.24) is 0 Å². The number of hydrogen-bond acceptors (Lipinski definition) is 6. The molecule has 2 bridgehead atoms. The zero-order valence-electron chi connectivity index (χ0n) is 14.4. The van der Waals surface area contributed by atoms with E-state index in [9.17, 15) is 20.2 Å². The zero-order chi connectivity index (χ0) is 19.2. The summed E-state index contributed by atoms with van der Waals surface area (Å²) in [5.74, 6) is -2.86. The molecule has 2 saturated heterocycles. The molecule has 3 rings (SSSR count). The third kappa shape index (κ3) is 1.94. The average molecular weight is 352 g/mol. The van der Waals surface area contributed by atoms with Crippen molar-refractivity contribution in [3.05, 3.63) is 35.6 Å². The van der Waals surface area contributed by atoms with E-state index in [0.717, 1.165) is 0 Å². The van der Waals surface area contributed by atoms with Crippen LogP contribution in [0.25, 0.3) is 0 Å². The standard InChI is InChI=1S/C19H17FN4O2/c1-3-4-14-17(2)25-15(12-5-7-13(20)8-6-12)18(9-21,10-22)19(14,11-23)16(24)26-17/h5-8,14-15,24H,3-4H2,1-2H3. The lowest BCUT2D eigenvalue weighted by Crippen LogP contribution is -2.58. The fourth-order valence-corrected chi connectivity index (χ4v) is 4.25. The Morgan fingerprint density at radius 1 is 1.15 bits per heavy atom. The van der Waals surface area contributed by atoms with Crippen molar-refractivity contribution >= 4 is 5.90 Å². The molecule has 1 N–H and O–H groups in total. The molecular weight excluding hydrogens is 335 g/mol. The van der Waals surface area contributed by atoms with E-state index >= 15 is 0 Å². The van der Waals surface area contributed by atoms with Crippen molar-refractivity contribution in [3.8, 4) is 18.2 Å². The minimum absolute atomic E-state index is 0.383. The normalized spacial score (nSPS) is 34.2. The number of nitriles is 3. The third-order valence-electron chi connectivity index (χ3n) is 5.46. The van der Waals surface area contributed by atoms with Crippen LogP contribution in [-0.4, -0.2) is 11.7 Å². The second-order valence-electron chi connectivity index (χ2n) is 6.79. The average Bonchev–Trinajstić information content (AvgIpc) is 2.79. The van der Waals surface area contributed by atoms with Crippen molar-refractivity contribution in [2.45, 2.75) is 38.6 Å². The van der Waals surface area contributed by atoms with Gasteiger partial charge in [0.25, 0.3) is 0 Å². The van der Waals surface area contributed by atoms with Gasteiger partial charge in [-0.2, -0.15) is 15.8 Å². The Kier molecular flexibility index (Phi) is 3.98. The Balaban J connectivity index is 2.30. The van der Waals surface area contributed by atoms with Gasteiger partial charge in [-0.15, -0.1) is 0 Å². The van der Waals surface area contributed by atoms with Gasteiger partial charge in [-0.1, -0.05) is 25.5 Å². The van der Waals surface area contributed by atoms with Gasteiger partial charge in [0.1, 0.15) is 11.9 Å². The Bertz CT molecular complexity index is 865. The first-order valence-electron chi connectivity index (χ1n) is 8.30. The van der Waals surface area contributed by atoms with Crippen LogP contribution < -0.4 is 0 Å². The first-order valence-corrected chi connectivity index (χ1v) is 8.30. The predicted octanol–water partition coefficient (Wildman–Crippen LogP) is 3.58. The predicted molar refractivity (Wildman–Crippen MR) is 87.5 cm³/mol. The van der Waals surface area contributed by atoms with E-state index in [0.29, 0.717) is 18.4 Å². The lowest BCUT2D eigenvalue weighted by Gasteiger charge is -2.48. The summed E-state index contributed by atoms with van der Waals surface area (Å²) in [6, 6.07) is 11.2. The maximum atomic E-state index is 13.3. The summed E-state index contributed by atoms with van der Waals surface area (Å²) >= 11 is 0. The molecule has 132 valence electrons.